The van der Waals surface area contributed by atoms with Crippen molar-refractivity contribution in [2.45, 2.75) is 39.2 Å². The van der Waals surface area contributed by atoms with E-state index in [4.69, 9.17) is 10.5 Å². The third kappa shape index (κ3) is 3.16. The molecule has 3 heteroatoms. The smallest absolute Gasteiger partial charge is 0.119 e. The van der Waals surface area contributed by atoms with Gasteiger partial charge in [0.15, 0.2) is 0 Å². The van der Waals surface area contributed by atoms with Gasteiger partial charge in [-0.15, -0.1) is 0 Å². The van der Waals surface area contributed by atoms with Gasteiger partial charge in [0.05, 0.1) is 6.10 Å². The Labute approximate surface area is 110 Å². The summed E-state index contributed by atoms with van der Waals surface area (Å²) in [5.74, 6) is 0.924. The predicted molar refractivity (Wildman–Crippen MR) is 76.0 cm³/mol. The molecule has 0 bridgehead atoms. The standard InChI is InChI=1S/C15H24N2O/c1-12(2)18-14-6-4-13(5-7-14)17-11-15(10-16)8-3-9-15/h4-7,12,17H,3,8-11,16H2,1-2H3. The Morgan fingerprint density at radius 3 is 2.39 bits per heavy atom. The van der Waals surface area contributed by atoms with E-state index in [1.165, 1.54) is 19.3 Å². The molecule has 2 rings (SSSR count). The molecule has 0 atom stereocenters. The highest BCUT2D eigenvalue weighted by atomic mass is 16.5. The van der Waals surface area contributed by atoms with Crippen LogP contribution < -0.4 is 15.8 Å². The molecule has 18 heavy (non-hydrogen) atoms. The van der Waals surface area contributed by atoms with Crippen LogP contribution in [0.5, 0.6) is 5.75 Å². The zero-order valence-corrected chi connectivity index (χ0v) is 11.4. The average molecular weight is 248 g/mol. The van der Waals surface area contributed by atoms with Gasteiger partial charge >= 0.3 is 0 Å². The van der Waals surface area contributed by atoms with Gasteiger partial charge in [-0.1, -0.05) is 6.42 Å². The first-order valence-electron chi connectivity index (χ1n) is 6.84. The molecule has 0 unspecified atom stereocenters. The largest absolute Gasteiger partial charge is 0.491 e. The van der Waals surface area contributed by atoms with E-state index in [0.717, 1.165) is 24.5 Å². The number of nitrogens with one attached hydrogen (secondary N) is 1. The third-order valence-corrected chi connectivity index (χ3v) is 3.74. The molecule has 1 fully saturated rings. The van der Waals surface area contributed by atoms with Gasteiger partial charge in [0, 0.05) is 12.2 Å². The van der Waals surface area contributed by atoms with Crippen molar-refractivity contribution in [3.8, 4) is 5.75 Å². The lowest BCUT2D eigenvalue weighted by Crippen LogP contribution is -2.42. The van der Waals surface area contributed by atoms with Crippen LogP contribution in [0.2, 0.25) is 0 Å². The summed E-state index contributed by atoms with van der Waals surface area (Å²) in [5, 5.41) is 3.48. The van der Waals surface area contributed by atoms with E-state index in [2.05, 4.69) is 17.4 Å². The number of anilines is 1. The van der Waals surface area contributed by atoms with Gasteiger partial charge in [-0.05, 0) is 62.9 Å². The summed E-state index contributed by atoms with van der Waals surface area (Å²) in [6, 6.07) is 8.16. The Balaban J connectivity index is 1.86. The maximum atomic E-state index is 5.85. The SMILES string of the molecule is CC(C)Oc1ccc(NCC2(CN)CCC2)cc1. The molecule has 0 aromatic heterocycles. The number of rotatable bonds is 6. The lowest BCUT2D eigenvalue weighted by molar-refractivity contribution is 0.163. The lowest BCUT2D eigenvalue weighted by atomic mass is 9.69. The van der Waals surface area contributed by atoms with Crippen molar-refractivity contribution in [2.75, 3.05) is 18.4 Å². The minimum Gasteiger partial charge on any atom is -0.491 e. The Morgan fingerprint density at radius 1 is 1.28 bits per heavy atom. The first-order valence-corrected chi connectivity index (χ1v) is 6.84. The van der Waals surface area contributed by atoms with Gasteiger partial charge < -0.3 is 15.8 Å². The fourth-order valence-corrected chi connectivity index (χ4v) is 2.34. The molecule has 1 aliphatic carbocycles. The number of hydrogen-bond acceptors (Lipinski definition) is 3. The van der Waals surface area contributed by atoms with Gasteiger partial charge in [-0.25, -0.2) is 0 Å². The van der Waals surface area contributed by atoms with Crippen molar-refractivity contribution >= 4 is 5.69 Å². The Hall–Kier alpha value is -1.22. The minimum absolute atomic E-state index is 0.222. The highest BCUT2D eigenvalue weighted by Crippen LogP contribution is 2.39. The summed E-state index contributed by atoms with van der Waals surface area (Å²) in [6.07, 6.45) is 4.05. The van der Waals surface area contributed by atoms with Gasteiger partial charge in [0.25, 0.3) is 0 Å². The Bertz CT molecular complexity index is 363. The second-order valence-electron chi connectivity index (χ2n) is 5.60. The summed E-state index contributed by atoms with van der Waals surface area (Å²) >= 11 is 0. The maximum absolute atomic E-state index is 5.85. The van der Waals surface area contributed by atoms with Gasteiger partial charge in [0.2, 0.25) is 0 Å². The molecule has 0 radical (unpaired) electrons. The minimum atomic E-state index is 0.222. The third-order valence-electron chi connectivity index (χ3n) is 3.74. The molecule has 100 valence electrons. The van der Waals surface area contributed by atoms with Gasteiger partial charge in [-0.3, -0.25) is 0 Å². The monoisotopic (exact) mass is 248 g/mol. The van der Waals surface area contributed by atoms with E-state index in [1.807, 2.05) is 26.0 Å². The van der Waals surface area contributed by atoms with E-state index >= 15 is 0 Å². The zero-order valence-electron chi connectivity index (χ0n) is 11.4. The first kappa shape index (κ1) is 13.2. The van der Waals surface area contributed by atoms with Crippen molar-refractivity contribution in [1.29, 1.82) is 0 Å². The summed E-state index contributed by atoms with van der Waals surface area (Å²) in [6.45, 7) is 5.84. The predicted octanol–water partition coefficient (Wildman–Crippen LogP) is 3.01. The zero-order chi connectivity index (χ0) is 13.0. The van der Waals surface area contributed by atoms with Crippen LogP contribution >= 0.6 is 0 Å². The average Bonchev–Trinajstić information content (AvgIpc) is 2.30. The number of hydrogen-bond donors (Lipinski definition) is 2. The van der Waals surface area contributed by atoms with E-state index < -0.39 is 0 Å². The lowest BCUT2D eigenvalue weighted by Gasteiger charge is -2.41. The van der Waals surface area contributed by atoms with Crippen LogP contribution in [0.3, 0.4) is 0 Å². The second-order valence-corrected chi connectivity index (χ2v) is 5.60. The number of benzene rings is 1. The highest BCUT2D eigenvalue weighted by molar-refractivity contribution is 5.46. The number of nitrogens with two attached hydrogens (primary N) is 1. The molecule has 1 aromatic carbocycles. The van der Waals surface area contributed by atoms with Crippen LogP contribution in [-0.2, 0) is 0 Å². The topological polar surface area (TPSA) is 47.3 Å². The van der Waals surface area contributed by atoms with E-state index in [1.54, 1.807) is 0 Å². The molecule has 0 spiro atoms. The molecule has 1 aromatic rings. The van der Waals surface area contributed by atoms with Gasteiger partial charge in [-0.2, -0.15) is 0 Å². The molecule has 3 nitrogen and oxygen atoms in total. The summed E-state index contributed by atoms with van der Waals surface area (Å²) < 4.78 is 5.62. The van der Waals surface area contributed by atoms with Crippen LogP contribution in [0.1, 0.15) is 33.1 Å². The van der Waals surface area contributed by atoms with Gasteiger partial charge in [0.1, 0.15) is 5.75 Å². The van der Waals surface area contributed by atoms with Crippen molar-refractivity contribution in [3.63, 3.8) is 0 Å². The molecule has 0 amide bonds. The summed E-state index contributed by atoms with van der Waals surface area (Å²) in [7, 11) is 0. The van der Waals surface area contributed by atoms with E-state index in [-0.39, 0.29) is 6.10 Å². The summed E-state index contributed by atoms with van der Waals surface area (Å²) in [4.78, 5) is 0. The fraction of sp³-hybridized carbons (Fsp3) is 0.600. The van der Waals surface area contributed by atoms with Crippen LogP contribution in [-0.4, -0.2) is 19.2 Å². The quantitative estimate of drug-likeness (QED) is 0.813. The van der Waals surface area contributed by atoms with Crippen LogP contribution in [0, 0.1) is 5.41 Å². The maximum Gasteiger partial charge on any atom is 0.119 e. The van der Waals surface area contributed by atoms with Crippen molar-refractivity contribution < 1.29 is 4.74 Å². The Kier molecular flexibility index (Phi) is 4.12. The Morgan fingerprint density at radius 2 is 1.94 bits per heavy atom. The van der Waals surface area contributed by atoms with Crippen LogP contribution in [0.15, 0.2) is 24.3 Å². The summed E-state index contributed by atoms with van der Waals surface area (Å²) in [5.41, 5.74) is 7.34. The van der Waals surface area contributed by atoms with E-state index in [9.17, 15) is 0 Å². The normalized spacial score (nSPS) is 17.3. The fourth-order valence-electron chi connectivity index (χ4n) is 2.34. The van der Waals surface area contributed by atoms with E-state index in [0.29, 0.717) is 5.41 Å². The molecular formula is C15H24N2O. The second kappa shape index (κ2) is 5.61. The molecule has 1 saturated carbocycles. The molecule has 0 aliphatic heterocycles. The molecular weight excluding hydrogens is 224 g/mol. The van der Waals surface area contributed by atoms with Crippen LogP contribution in [0.4, 0.5) is 5.69 Å². The molecule has 0 heterocycles. The number of ether oxygens (including phenoxy) is 1. The molecule has 0 saturated heterocycles. The first-order chi connectivity index (χ1) is 8.63. The molecule has 3 N–H and O–H groups in total. The molecule has 1 aliphatic rings. The van der Waals surface area contributed by atoms with Crippen LogP contribution in [0.25, 0.3) is 0 Å². The van der Waals surface area contributed by atoms with Crippen molar-refractivity contribution in [3.05, 3.63) is 24.3 Å². The van der Waals surface area contributed by atoms with Crippen molar-refractivity contribution in [2.24, 2.45) is 11.1 Å². The van der Waals surface area contributed by atoms with Crippen molar-refractivity contribution in [1.82, 2.24) is 0 Å². The highest BCUT2D eigenvalue weighted by Gasteiger charge is 2.35.